The van der Waals surface area contributed by atoms with Crippen LogP contribution >= 0.6 is 0 Å². The molecule has 0 spiro atoms. The van der Waals surface area contributed by atoms with Gasteiger partial charge in [-0.2, -0.15) is 0 Å². The lowest BCUT2D eigenvalue weighted by Gasteiger charge is -2.21. The van der Waals surface area contributed by atoms with E-state index in [2.05, 4.69) is 24.3 Å². The lowest BCUT2D eigenvalue weighted by atomic mass is 10.0. The van der Waals surface area contributed by atoms with Crippen LogP contribution in [0.1, 0.15) is 24.0 Å². The highest BCUT2D eigenvalue weighted by atomic mass is 16.5. The Kier molecular flexibility index (Phi) is 5.65. The molecule has 0 radical (unpaired) electrons. The molecule has 0 amide bonds. The Morgan fingerprint density at radius 2 is 1.78 bits per heavy atom. The molecular formula is C15H23NO2. The Morgan fingerprint density at radius 3 is 2.44 bits per heavy atom. The van der Waals surface area contributed by atoms with E-state index in [1.165, 1.54) is 11.1 Å². The molecule has 100 valence electrons. The van der Waals surface area contributed by atoms with Gasteiger partial charge < -0.3 is 15.2 Å². The van der Waals surface area contributed by atoms with E-state index in [9.17, 15) is 0 Å². The van der Waals surface area contributed by atoms with Crippen LogP contribution in [0.3, 0.4) is 0 Å². The highest BCUT2D eigenvalue weighted by molar-refractivity contribution is 5.22. The summed E-state index contributed by atoms with van der Waals surface area (Å²) in [5.74, 6) is 0.676. The lowest BCUT2D eigenvalue weighted by Crippen LogP contribution is -2.20. The predicted octanol–water partition coefficient (Wildman–Crippen LogP) is 2.13. The fraction of sp³-hybridized carbons (Fsp3) is 0.600. The number of hydrogen-bond acceptors (Lipinski definition) is 3. The van der Waals surface area contributed by atoms with Crippen molar-refractivity contribution < 1.29 is 9.47 Å². The van der Waals surface area contributed by atoms with Gasteiger partial charge in [-0.15, -0.1) is 0 Å². The smallest absolute Gasteiger partial charge is 0.0717 e. The van der Waals surface area contributed by atoms with E-state index in [1.54, 1.807) is 0 Å². The summed E-state index contributed by atoms with van der Waals surface area (Å²) in [7, 11) is 0. The molecule has 1 aliphatic heterocycles. The molecule has 0 aliphatic carbocycles. The zero-order chi connectivity index (χ0) is 12.6. The van der Waals surface area contributed by atoms with Crippen molar-refractivity contribution in [1.29, 1.82) is 0 Å². The Bertz CT molecular complexity index is 331. The van der Waals surface area contributed by atoms with Crippen LogP contribution in [0.2, 0.25) is 0 Å². The SMILES string of the molecule is NCCc1ccc(COCC2CCOCC2)cc1. The van der Waals surface area contributed by atoms with Crippen LogP contribution in [0.4, 0.5) is 0 Å². The molecule has 1 heterocycles. The monoisotopic (exact) mass is 249 g/mol. The molecule has 1 saturated heterocycles. The number of rotatable bonds is 6. The summed E-state index contributed by atoms with van der Waals surface area (Å²) >= 11 is 0. The molecule has 0 aromatic heterocycles. The van der Waals surface area contributed by atoms with Gasteiger partial charge in [-0.05, 0) is 42.9 Å². The standard InChI is InChI=1S/C15H23NO2/c16-8-5-13-1-3-14(4-2-13)11-18-12-15-6-9-17-10-7-15/h1-4,15H,5-12,16H2. The van der Waals surface area contributed by atoms with E-state index in [4.69, 9.17) is 15.2 Å². The molecule has 0 atom stereocenters. The fourth-order valence-electron chi connectivity index (χ4n) is 2.23. The van der Waals surface area contributed by atoms with Gasteiger partial charge in [0, 0.05) is 13.2 Å². The van der Waals surface area contributed by atoms with Crippen LogP contribution in [0.5, 0.6) is 0 Å². The molecular weight excluding hydrogens is 226 g/mol. The molecule has 0 saturated carbocycles. The molecule has 2 rings (SSSR count). The first-order valence-corrected chi connectivity index (χ1v) is 6.82. The largest absolute Gasteiger partial charge is 0.381 e. The second-order valence-corrected chi connectivity index (χ2v) is 4.93. The molecule has 1 aromatic carbocycles. The first-order valence-electron chi connectivity index (χ1n) is 6.82. The Balaban J connectivity index is 1.69. The molecule has 0 unspecified atom stereocenters. The van der Waals surface area contributed by atoms with Gasteiger partial charge in [0.25, 0.3) is 0 Å². The molecule has 18 heavy (non-hydrogen) atoms. The number of ether oxygens (including phenoxy) is 2. The summed E-state index contributed by atoms with van der Waals surface area (Å²) in [6, 6.07) is 8.55. The van der Waals surface area contributed by atoms with Gasteiger partial charge in [-0.1, -0.05) is 24.3 Å². The predicted molar refractivity (Wildman–Crippen MR) is 72.4 cm³/mol. The fourth-order valence-corrected chi connectivity index (χ4v) is 2.23. The van der Waals surface area contributed by atoms with Gasteiger partial charge in [0.15, 0.2) is 0 Å². The van der Waals surface area contributed by atoms with Gasteiger partial charge in [0.05, 0.1) is 13.2 Å². The maximum Gasteiger partial charge on any atom is 0.0717 e. The summed E-state index contributed by atoms with van der Waals surface area (Å²) in [4.78, 5) is 0. The van der Waals surface area contributed by atoms with Gasteiger partial charge in [-0.3, -0.25) is 0 Å². The second kappa shape index (κ2) is 7.52. The Morgan fingerprint density at radius 1 is 1.11 bits per heavy atom. The Hall–Kier alpha value is -0.900. The van der Waals surface area contributed by atoms with E-state index in [1.807, 2.05) is 0 Å². The van der Waals surface area contributed by atoms with Crippen molar-refractivity contribution in [2.75, 3.05) is 26.4 Å². The van der Waals surface area contributed by atoms with Crippen LogP contribution < -0.4 is 5.73 Å². The van der Waals surface area contributed by atoms with Crippen molar-refractivity contribution in [3.8, 4) is 0 Å². The van der Waals surface area contributed by atoms with Gasteiger partial charge in [0.2, 0.25) is 0 Å². The Labute approximate surface area is 109 Å². The highest BCUT2D eigenvalue weighted by Crippen LogP contribution is 2.15. The van der Waals surface area contributed by atoms with Crippen LogP contribution in [-0.2, 0) is 22.5 Å². The number of benzene rings is 1. The molecule has 3 heteroatoms. The highest BCUT2D eigenvalue weighted by Gasteiger charge is 2.13. The summed E-state index contributed by atoms with van der Waals surface area (Å²) in [6.45, 7) is 4.05. The van der Waals surface area contributed by atoms with Gasteiger partial charge >= 0.3 is 0 Å². The van der Waals surface area contributed by atoms with E-state index >= 15 is 0 Å². The van der Waals surface area contributed by atoms with Crippen molar-refractivity contribution in [2.24, 2.45) is 11.7 Å². The molecule has 0 bridgehead atoms. The van der Waals surface area contributed by atoms with Crippen molar-refractivity contribution in [3.63, 3.8) is 0 Å². The summed E-state index contributed by atoms with van der Waals surface area (Å²) in [6.07, 6.45) is 3.22. The van der Waals surface area contributed by atoms with Crippen LogP contribution in [0, 0.1) is 5.92 Å². The van der Waals surface area contributed by atoms with Crippen molar-refractivity contribution in [3.05, 3.63) is 35.4 Å². The quantitative estimate of drug-likeness (QED) is 0.840. The van der Waals surface area contributed by atoms with Crippen LogP contribution in [-0.4, -0.2) is 26.4 Å². The van der Waals surface area contributed by atoms with E-state index in [-0.39, 0.29) is 0 Å². The summed E-state index contributed by atoms with van der Waals surface area (Å²) in [5.41, 5.74) is 8.06. The van der Waals surface area contributed by atoms with Crippen LogP contribution in [0.25, 0.3) is 0 Å². The minimum absolute atomic E-state index is 0.676. The third kappa shape index (κ3) is 4.41. The zero-order valence-electron chi connectivity index (χ0n) is 10.9. The molecule has 1 aromatic rings. The van der Waals surface area contributed by atoms with Gasteiger partial charge in [-0.25, -0.2) is 0 Å². The van der Waals surface area contributed by atoms with E-state index in [0.717, 1.165) is 39.1 Å². The minimum Gasteiger partial charge on any atom is -0.381 e. The van der Waals surface area contributed by atoms with E-state index < -0.39 is 0 Å². The summed E-state index contributed by atoms with van der Waals surface area (Å²) in [5, 5.41) is 0. The lowest BCUT2D eigenvalue weighted by molar-refractivity contribution is 0.0157. The van der Waals surface area contributed by atoms with E-state index in [0.29, 0.717) is 19.1 Å². The number of hydrogen-bond donors (Lipinski definition) is 1. The van der Waals surface area contributed by atoms with Gasteiger partial charge in [0.1, 0.15) is 0 Å². The van der Waals surface area contributed by atoms with Crippen molar-refractivity contribution >= 4 is 0 Å². The maximum atomic E-state index is 5.78. The average Bonchev–Trinajstić information content (AvgIpc) is 2.42. The topological polar surface area (TPSA) is 44.5 Å². The average molecular weight is 249 g/mol. The zero-order valence-corrected chi connectivity index (χ0v) is 10.9. The number of nitrogens with two attached hydrogens (primary N) is 1. The minimum atomic E-state index is 0.676. The maximum absolute atomic E-state index is 5.78. The second-order valence-electron chi connectivity index (χ2n) is 4.93. The molecule has 1 aliphatic rings. The first kappa shape index (κ1) is 13.5. The third-order valence-electron chi connectivity index (χ3n) is 3.42. The molecule has 2 N–H and O–H groups in total. The third-order valence-corrected chi connectivity index (χ3v) is 3.42. The first-order chi connectivity index (χ1) is 8.88. The summed E-state index contributed by atoms with van der Waals surface area (Å²) < 4.78 is 11.1. The van der Waals surface area contributed by atoms with Crippen LogP contribution in [0.15, 0.2) is 24.3 Å². The normalized spacial score (nSPS) is 16.9. The van der Waals surface area contributed by atoms with Crippen molar-refractivity contribution in [2.45, 2.75) is 25.9 Å². The molecule has 1 fully saturated rings. The molecule has 3 nitrogen and oxygen atoms in total. The van der Waals surface area contributed by atoms with Crippen molar-refractivity contribution in [1.82, 2.24) is 0 Å².